The molecule has 2 rings (SSSR count). The second kappa shape index (κ2) is 8.15. The van der Waals surface area contributed by atoms with Gasteiger partial charge >= 0.3 is 5.97 Å². The van der Waals surface area contributed by atoms with E-state index in [2.05, 4.69) is 5.32 Å². The number of rotatable bonds is 7. The summed E-state index contributed by atoms with van der Waals surface area (Å²) in [7, 11) is 2.89. The van der Waals surface area contributed by atoms with Crippen LogP contribution in [0, 0.1) is 5.92 Å². The number of carbonyl (C=O) groups is 2. The average Bonchev–Trinajstić information content (AvgIpc) is 2.65. The molecule has 0 saturated heterocycles. The summed E-state index contributed by atoms with van der Waals surface area (Å²) >= 11 is 0. The monoisotopic (exact) mass is 327 g/mol. The number of ketones is 1. The Morgan fingerprint density at radius 2 is 1.58 bits per heavy atom. The fraction of sp³-hybridized carbons (Fsp3) is 0.263. The van der Waals surface area contributed by atoms with Crippen molar-refractivity contribution in [1.29, 1.82) is 0 Å². The summed E-state index contributed by atoms with van der Waals surface area (Å²) < 4.78 is 9.97. The highest BCUT2D eigenvalue weighted by molar-refractivity contribution is 6.01. The van der Waals surface area contributed by atoms with Crippen LogP contribution in [0.25, 0.3) is 0 Å². The van der Waals surface area contributed by atoms with Crippen molar-refractivity contribution < 1.29 is 19.1 Å². The predicted molar refractivity (Wildman–Crippen MR) is 92.4 cm³/mol. The number of nitrogens with one attached hydrogen (secondary N) is 1. The van der Waals surface area contributed by atoms with Crippen LogP contribution in [-0.2, 0) is 9.53 Å². The fourth-order valence-corrected chi connectivity index (χ4v) is 2.40. The highest BCUT2D eigenvalue weighted by Crippen LogP contribution is 2.20. The number of esters is 1. The molecule has 0 aliphatic heterocycles. The third kappa shape index (κ3) is 4.13. The summed E-state index contributed by atoms with van der Waals surface area (Å²) in [6, 6.07) is 15.3. The molecule has 0 fully saturated rings. The van der Waals surface area contributed by atoms with Crippen molar-refractivity contribution in [1.82, 2.24) is 0 Å². The number of ether oxygens (including phenoxy) is 2. The van der Waals surface area contributed by atoms with E-state index < -0.39 is 17.9 Å². The molecule has 0 amide bonds. The molecule has 5 heteroatoms. The lowest BCUT2D eigenvalue weighted by molar-refractivity contribution is -0.142. The summed E-state index contributed by atoms with van der Waals surface area (Å²) in [5, 5.41) is 3.08. The van der Waals surface area contributed by atoms with Gasteiger partial charge in [0.2, 0.25) is 0 Å². The second-order valence-corrected chi connectivity index (χ2v) is 5.39. The van der Waals surface area contributed by atoms with Gasteiger partial charge in [0.15, 0.2) is 5.78 Å². The molecule has 24 heavy (non-hydrogen) atoms. The first-order valence-corrected chi connectivity index (χ1v) is 7.64. The van der Waals surface area contributed by atoms with Crippen LogP contribution in [0.2, 0.25) is 0 Å². The Balaban J connectivity index is 2.20. The predicted octanol–water partition coefficient (Wildman–Crippen LogP) is 3.17. The number of benzene rings is 2. The SMILES string of the molecule is COC(=O)[C@H](Nc1ccc(OC)cc1)[C@H](C)C(=O)c1ccccc1. The summed E-state index contributed by atoms with van der Waals surface area (Å²) in [6.07, 6.45) is 0. The molecule has 0 saturated carbocycles. The first-order valence-electron chi connectivity index (χ1n) is 7.64. The minimum absolute atomic E-state index is 0.119. The minimum Gasteiger partial charge on any atom is -0.497 e. The molecule has 0 unspecified atom stereocenters. The van der Waals surface area contributed by atoms with Gasteiger partial charge in [0.1, 0.15) is 11.8 Å². The lowest BCUT2D eigenvalue weighted by Crippen LogP contribution is -2.40. The van der Waals surface area contributed by atoms with Gasteiger partial charge in [-0.25, -0.2) is 4.79 Å². The van der Waals surface area contributed by atoms with Crippen molar-refractivity contribution in [2.24, 2.45) is 5.92 Å². The third-order valence-corrected chi connectivity index (χ3v) is 3.84. The van der Waals surface area contributed by atoms with Crippen molar-refractivity contribution in [3.05, 3.63) is 60.2 Å². The number of Topliss-reactive ketones (excluding diaryl/α,β-unsaturated/α-hetero) is 1. The van der Waals surface area contributed by atoms with Crippen LogP contribution in [0.4, 0.5) is 5.69 Å². The normalized spacial score (nSPS) is 12.8. The van der Waals surface area contributed by atoms with Crippen LogP contribution in [-0.4, -0.2) is 32.0 Å². The number of carbonyl (C=O) groups excluding carboxylic acids is 2. The van der Waals surface area contributed by atoms with Gasteiger partial charge in [0.25, 0.3) is 0 Å². The Morgan fingerprint density at radius 1 is 0.958 bits per heavy atom. The Labute approximate surface area is 141 Å². The van der Waals surface area contributed by atoms with E-state index in [1.807, 2.05) is 6.07 Å². The van der Waals surface area contributed by atoms with Crippen molar-refractivity contribution in [3.63, 3.8) is 0 Å². The lowest BCUT2D eigenvalue weighted by atomic mass is 9.92. The highest BCUT2D eigenvalue weighted by Gasteiger charge is 2.31. The Morgan fingerprint density at radius 3 is 2.12 bits per heavy atom. The largest absolute Gasteiger partial charge is 0.497 e. The molecule has 0 aromatic heterocycles. The number of methoxy groups -OCH3 is 2. The van der Waals surface area contributed by atoms with E-state index in [-0.39, 0.29) is 5.78 Å². The van der Waals surface area contributed by atoms with E-state index in [0.717, 1.165) is 0 Å². The Kier molecular flexibility index (Phi) is 5.95. The molecule has 0 spiro atoms. The zero-order valence-corrected chi connectivity index (χ0v) is 14.0. The van der Waals surface area contributed by atoms with Crippen LogP contribution in [0.3, 0.4) is 0 Å². The maximum Gasteiger partial charge on any atom is 0.329 e. The van der Waals surface area contributed by atoms with Gasteiger partial charge in [-0.3, -0.25) is 4.79 Å². The van der Waals surface area contributed by atoms with E-state index >= 15 is 0 Å². The first kappa shape index (κ1) is 17.5. The van der Waals surface area contributed by atoms with Crippen molar-refractivity contribution in [3.8, 4) is 5.75 Å². The molecule has 0 aliphatic rings. The Hall–Kier alpha value is -2.82. The van der Waals surface area contributed by atoms with Gasteiger partial charge in [-0.1, -0.05) is 37.3 Å². The van der Waals surface area contributed by atoms with Crippen molar-refractivity contribution >= 4 is 17.4 Å². The van der Waals surface area contributed by atoms with Gasteiger partial charge in [0.05, 0.1) is 20.1 Å². The maximum atomic E-state index is 12.6. The van der Waals surface area contributed by atoms with Crippen LogP contribution in [0.5, 0.6) is 5.75 Å². The van der Waals surface area contributed by atoms with E-state index in [1.54, 1.807) is 62.6 Å². The van der Waals surface area contributed by atoms with Crippen LogP contribution >= 0.6 is 0 Å². The van der Waals surface area contributed by atoms with Crippen LogP contribution in [0.15, 0.2) is 54.6 Å². The molecule has 0 radical (unpaired) electrons. The summed E-state index contributed by atoms with van der Waals surface area (Å²) in [6.45, 7) is 1.72. The molecular weight excluding hydrogens is 306 g/mol. The number of anilines is 1. The van der Waals surface area contributed by atoms with Crippen molar-refractivity contribution in [2.45, 2.75) is 13.0 Å². The fourth-order valence-electron chi connectivity index (χ4n) is 2.40. The lowest BCUT2D eigenvalue weighted by Gasteiger charge is -2.23. The van der Waals surface area contributed by atoms with Crippen LogP contribution < -0.4 is 10.1 Å². The average molecular weight is 327 g/mol. The van der Waals surface area contributed by atoms with E-state index in [1.165, 1.54) is 7.11 Å². The van der Waals surface area contributed by atoms with Crippen molar-refractivity contribution in [2.75, 3.05) is 19.5 Å². The maximum absolute atomic E-state index is 12.6. The third-order valence-electron chi connectivity index (χ3n) is 3.84. The molecule has 2 atom stereocenters. The molecule has 0 heterocycles. The summed E-state index contributed by atoms with van der Waals surface area (Å²) in [4.78, 5) is 24.8. The van der Waals surface area contributed by atoms with E-state index in [4.69, 9.17) is 9.47 Å². The standard InChI is InChI=1S/C19H21NO4/c1-13(18(21)14-7-5-4-6-8-14)17(19(22)24-3)20-15-9-11-16(23-2)12-10-15/h4-13,17,20H,1-3H3/t13-,17+/m0/s1. The Bertz CT molecular complexity index is 682. The van der Waals surface area contributed by atoms with Gasteiger partial charge in [0, 0.05) is 11.3 Å². The molecule has 1 N–H and O–H groups in total. The molecule has 0 aliphatic carbocycles. The zero-order valence-electron chi connectivity index (χ0n) is 14.0. The molecule has 5 nitrogen and oxygen atoms in total. The topological polar surface area (TPSA) is 64.6 Å². The van der Waals surface area contributed by atoms with Gasteiger partial charge in [-0.2, -0.15) is 0 Å². The number of hydrogen-bond acceptors (Lipinski definition) is 5. The molecular formula is C19H21NO4. The smallest absolute Gasteiger partial charge is 0.329 e. The minimum atomic E-state index is -0.781. The summed E-state index contributed by atoms with van der Waals surface area (Å²) in [5.74, 6) is -0.472. The molecule has 2 aromatic rings. The first-order chi connectivity index (χ1) is 11.6. The van der Waals surface area contributed by atoms with Gasteiger partial charge < -0.3 is 14.8 Å². The second-order valence-electron chi connectivity index (χ2n) is 5.39. The van der Waals surface area contributed by atoms with Gasteiger partial charge in [-0.15, -0.1) is 0 Å². The zero-order chi connectivity index (χ0) is 17.5. The molecule has 0 bridgehead atoms. The van der Waals surface area contributed by atoms with E-state index in [0.29, 0.717) is 17.0 Å². The quantitative estimate of drug-likeness (QED) is 0.625. The van der Waals surface area contributed by atoms with E-state index in [9.17, 15) is 9.59 Å². The highest BCUT2D eigenvalue weighted by atomic mass is 16.5. The summed E-state index contributed by atoms with van der Waals surface area (Å²) in [5.41, 5.74) is 1.27. The van der Waals surface area contributed by atoms with Crippen LogP contribution in [0.1, 0.15) is 17.3 Å². The molecule has 2 aromatic carbocycles. The molecule has 126 valence electrons. The number of hydrogen-bond donors (Lipinski definition) is 1. The van der Waals surface area contributed by atoms with Gasteiger partial charge in [-0.05, 0) is 24.3 Å².